The minimum Gasteiger partial charge on any atom is -0.324 e. The highest BCUT2D eigenvalue weighted by atomic mass is 35.5. The summed E-state index contributed by atoms with van der Waals surface area (Å²) in [5.74, 6) is 0.910. The average molecular weight is 469 g/mol. The molecule has 1 amide bonds. The summed E-state index contributed by atoms with van der Waals surface area (Å²) in [6, 6.07) is 7.17. The molecular formula is C20H22Cl2N4OS2. The van der Waals surface area contributed by atoms with E-state index in [1.54, 1.807) is 29.5 Å². The first-order chi connectivity index (χ1) is 14.0. The second-order valence-electron chi connectivity index (χ2n) is 6.47. The lowest BCUT2D eigenvalue weighted by atomic mass is 10.2. The van der Waals surface area contributed by atoms with Crippen molar-refractivity contribution >= 4 is 57.9 Å². The molecule has 9 heteroatoms. The highest BCUT2D eigenvalue weighted by Gasteiger charge is 2.17. The Kier molecular flexibility index (Phi) is 8.00. The number of amides is 1. The summed E-state index contributed by atoms with van der Waals surface area (Å²) in [6.07, 6.45) is 3.15. The Morgan fingerprint density at radius 1 is 1.21 bits per heavy atom. The van der Waals surface area contributed by atoms with Gasteiger partial charge in [0.05, 0.1) is 16.5 Å². The van der Waals surface area contributed by atoms with Crippen molar-refractivity contribution in [2.24, 2.45) is 0 Å². The van der Waals surface area contributed by atoms with Crippen molar-refractivity contribution in [1.82, 2.24) is 14.8 Å². The van der Waals surface area contributed by atoms with Gasteiger partial charge in [0.2, 0.25) is 5.91 Å². The molecule has 0 atom stereocenters. The van der Waals surface area contributed by atoms with E-state index in [1.165, 1.54) is 16.6 Å². The number of aromatic nitrogens is 3. The second kappa shape index (κ2) is 10.5. The molecule has 0 spiro atoms. The summed E-state index contributed by atoms with van der Waals surface area (Å²) >= 11 is 15.1. The Bertz CT molecular complexity index is 987. The molecule has 2 heterocycles. The highest BCUT2D eigenvalue weighted by Crippen LogP contribution is 2.29. The molecule has 0 saturated heterocycles. The largest absolute Gasteiger partial charge is 0.324 e. The Labute approximate surface area is 188 Å². The lowest BCUT2D eigenvalue weighted by Crippen LogP contribution is -2.15. The van der Waals surface area contributed by atoms with Crippen LogP contribution < -0.4 is 5.32 Å². The topological polar surface area (TPSA) is 59.8 Å². The number of hydrogen-bond donors (Lipinski definition) is 1. The normalized spacial score (nSPS) is 11.0. The molecule has 0 radical (unpaired) electrons. The average Bonchev–Trinajstić information content (AvgIpc) is 3.30. The van der Waals surface area contributed by atoms with Gasteiger partial charge in [0.25, 0.3) is 0 Å². The number of thioether (sulfide) groups is 1. The lowest BCUT2D eigenvalue weighted by Gasteiger charge is -2.09. The summed E-state index contributed by atoms with van der Waals surface area (Å²) in [7, 11) is 0. The number of rotatable bonds is 9. The molecule has 0 unspecified atom stereocenters. The van der Waals surface area contributed by atoms with E-state index in [4.69, 9.17) is 23.2 Å². The molecule has 3 rings (SSSR count). The molecule has 0 saturated carbocycles. The minimum atomic E-state index is -0.160. The zero-order valence-electron chi connectivity index (χ0n) is 16.2. The van der Waals surface area contributed by atoms with Crippen LogP contribution >= 0.6 is 46.3 Å². The van der Waals surface area contributed by atoms with Gasteiger partial charge in [0.15, 0.2) is 11.0 Å². The number of nitrogens with zero attached hydrogens (tertiary/aromatic N) is 3. The van der Waals surface area contributed by atoms with Crippen LogP contribution in [0.1, 0.15) is 31.6 Å². The Morgan fingerprint density at radius 3 is 2.76 bits per heavy atom. The van der Waals surface area contributed by atoms with Crippen molar-refractivity contribution in [3.63, 3.8) is 0 Å². The number of halogens is 2. The third-order valence-electron chi connectivity index (χ3n) is 4.11. The van der Waals surface area contributed by atoms with Gasteiger partial charge in [-0.05, 0) is 37.1 Å². The van der Waals surface area contributed by atoms with Gasteiger partial charge in [-0.2, -0.15) is 0 Å². The number of anilines is 1. The standard InChI is InChI=1S/C20H22Cl2N4OS2/c1-3-5-15-9-13(11-28-15)19-24-25-20(26(19)8-4-2)29-12-18(27)23-17-7-6-14(21)10-16(17)22/h6-7,9-11H,3-5,8,12H2,1-2H3,(H,23,27). The molecule has 3 aromatic rings. The van der Waals surface area contributed by atoms with Crippen LogP contribution in [0.5, 0.6) is 0 Å². The number of carbonyl (C=O) groups excluding carboxylic acids is 1. The van der Waals surface area contributed by atoms with Gasteiger partial charge in [-0.1, -0.05) is 55.2 Å². The van der Waals surface area contributed by atoms with Crippen molar-refractivity contribution in [2.45, 2.75) is 44.8 Å². The molecule has 5 nitrogen and oxygen atoms in total. The number of carbonyl (C=O) groups is 1. The van der Waals surface area contributed by atoms with E-state index >= 15 is 0 Å². The van der Waals surface area contributed by atoms with Crippen LogP contribution in [-0.4, -0.2) is 26.4 Å². The van der Waals surface area contributed by atoms with E-state index in [2.05, 4.69) is 45.4 Å². The zero-order chi connectivity index (χ0) is 20.8. The van der Waals surface area contributed by atoms with E-state index in [1.807, 2.05) is 0 Å². The Balaban J connectivity index is 1.70. The number of hydrogen-bond acceptors (Lipinski definition) is 5. The van der Waals surface area contributed by atoms with Gasteiger partial charge in [-0.15, -0.1) is 21.5 Å². The fraction of sp³-hybridized carbons (Fsp3) is 0.350. The smallest absolute Gasteiger partial charge is 0.234 e. The van der Waals surface area contributed by atoms with Gasteiger partial charge in [-0.3, -0.25) is 4.79 Å². The summed E-state index contributed by atoms with van der Waals surface area (Å²) < 4.78 is 2.09. The van der Waals surface area contributed by atoms with Crippen LogP contribution in [0.3, 0.4) is 0 Å². The van der Waals surface area contributed by atoms with Crippen LogP contribution in [0.2, 0.25) is 10.0 Å². The Hall–Kier alpha value is -1.54. The molecular weight excluding hydrogens is 447 g/mol. The first kappa shape index (κ1) is 22.2. The van der Waals surface area contributed by atoms with Crippen LogP contribution in [-0.2, 0) is 17.8 Å². The molecule has 0 aliphatic carbocycles. The molecule has 0 bridgehead atoms. The summed E-state index contributed by atoms with van der Waals surface area (Å²) in [4.78, 5) is 13.7. The second-order valence-corrected chi connectivity index (χ2v) is 9.25. The van der Waals surface area contributed by atoms with Crippen LogP contribution in [0.4, 0.5) is 5.69 Å². The van der Waals surface area contributed by atoms with Gasteiger partial charge >= 0.3 is 0 Å². The minimum absolute atomic E-state index is 0.160. The molecule has 154 valence electrons. The molecule has 1 N–H and O–H groups in total. The van der Waals surface area contributed by atoms with Crippen LogP contribution in [0.25, 0.3) is 11.4 Å². The highest BCUT2D eigenvalue weighted by molar-refractivity contribution is 7.99. The van der Waals surface area contributed by atoms with Crippen molar-refractivity contribution in [3.05, 3.63) is 44.6 Å². The first-order valence-corrected chi connectivity index (χ1v) is 12.0. The number of thiophene rings is 1. The number of benzene rings is 1. The van der Waals surface area contributed by atoms with Gasteiger partial charge in [0.1, 0.15) is 0 Å². The maximum Gasteiger partial charge on any atom is 0.234 e. The van der Waals surface area contributed by atoms with Crippen LogP contribution in [0, 0.1) is 0 Å². The van der Waals surface area contributed by atoms with E-state index in [-0.39, 0.29) is 11.7 Å². The van der Waals surface area contributed by atoms with E-state index in [9.17, 15) is 4.79 Å². The molecule has 29 heavy (non-hydrogen) atoms. The van der Waals surface area contributed by atoms with Gasteiger partial charge in [-0.25, -0.2) is 0 Å². The fourth-order valence-electron chi connectivity index (χ4n) is 2.82. The first-order valence-electron chi connectivity index (χ1n) is 9.40. The predicted octanol–water partition coefficient (Wildman–Crippen LogP) is 6.41. The SMILES string of the molecule is CCCc1cc(-c2nnc(SCC(=O)Nc3ccc(Cl)cc3Cl)n2CCC)cs1. The number of aryl methyl sites for hydroxylation is 1. The van der Waals surface area contributed by atoms with E-state index < -0.39 is 0 Å². The molecule has 0 aliphatic heterocycles. The summed E-state index contributed by atoms with van der Waals surface area (Å²) in [6.45, 7) is 5.09. The quantitative estimate of drug-likeness (QED) is 0.368. The third kappa shape index (κ3) is 5.75. The monoisotopic (exact) mass is 468 g/mol. The van der Waals surface area contributed by atoms with Crippen molar-refractivity contribution in [2.75, 3.05) is 11.1 Å². The van der Waals surface area contributed by atoms with Gasteiger partial charge in [0, 0.05) is 27.4 Å². The van der Waals surface area contributed by atoms with Crippen molar-refractivity contribution < 1.29 is 4.79 Å². The zero-order valence-corrected chi connectivity index (χ0v) is 19.4. The van der Waals surface area contributed by atoms with Crippen molar-refractivity contribution in [3.8, 4) is 11.4 Å². The number of nitrogens with one attached hydrogen (secondary N) is 1. The molecule has 2 aromatic heterocycles. The maximum atomic E-state index is 12.4. The third-order valence-corrected chi connectivity index (χ3v) is 6.62. The van der Waals surface area contributed by atoms with Gasteiger partial charge < -0.3 is 9.88 Å². The Morgan fingerprint density at radius 2 is 2.03 bits per heavy atom. The predicted molar refractivity (Wildman–Crippen MR) is 123 cm³/mol. The fourth-order valence-corrected chi connectivity index (χ4v) is 5.01. The summed E-state index contributed by atoms with van der Waals surface area (Å²) in [5, 5.41) is 15.3. The van der Waals surface area contributed by atoms with E-state index in [0.717, 1.165) is 42.4 Å². The summed E-state index contributed by atoms with van der Waals surface area (Å²) in [5.41, 5.74) is 1.63. The lowest BCUT2D eigenvalue weighted by molar-refractivity contribution is -0.113. The molecule has 0 fully saturated rings. The van der Waals surface area contributed by atoms with Crippen LogP contribution in [0.15, 0.2) is 34.8 Å². The van der Waals surface area contributed by atoms with Crippen molar-refractivity contribution in [1.29, 1.82) is 0 Å². The van der Waals surface area contributed by atoms with E-state index in [0.29, 0.717) is 15.7 Å². The maximum absolute atomic E-state index is 12.4. The molecule has 0 aliphatic rings. The molecule has 1 aromatic carbocycles.